The Bertz CT molecular complexity index is 817. The Morgan fingerprint density at radius 1 is 1.24 bits per heavy atom. The van der Waals surface area contributed by atoms with Crippen LogP contribution in [0.4, 0.5) is 0 Å². The molecule has 0 spiro atoms. The maximum Gasteiger partial charge on any atom is 0.259 e. The third kappa shape index (κ3) is 2.91. The van der Waals surface area contributed by atoms with Crippen LogP contribution >= 0.6 is 12.4 Å². The molecule has 2 saturated heterocycles. The molecule has 4 heterocycles. The molecule has 0 aromatic carbocycles. The molecule has 1 amide bonds. The highest BCUT2D eigenvalue weighted by molar-refractivity contribution is 6.06. The number of hydrogen-bond donors (Lipinski definition) is 1. The number of nitrogens with zero attached hydrogens (tertiary/aromatic N) is 3. The van der Waals surface area contributed by atoms with Crippen molar-refractivity contribution in [3.05, 3.63) is 23.0 Å². The van der Waals surface area contributed by atoms with Gasteiger partial charge in [-0.25, -0.2) is 4.98 Å². The summed E-state index contributed by atoms with van der Waals surface area (Å²) in [6.45, 7) is 3.50. The maximum atomic E-state index is 13.3. The van der Waals surface area contributed by atoms with Crippen LogP contribution in [0, 0.1) is 6.92 Å². The minimum atomic E-state index is 0. The zero-order valence-corrected chi connectivity index (χ0v) is 15.1. The van der Waals surface area contributed by atoms with Gasteiger partial charge in [-0.2, -0.15) is 0 Å². The summed E-state index contributed by atoms with van der Waals surface area (Å²) < 4.78 is 5.38. The van der Waals surface area contributed by atoms with E-state index in [1.807, 2.05) is 17.9 Å². The van der Waals surface area contributed by atoms with E-state index in [4.69, 9.17) is 4.52 Å². The lowest BCUT2D eigenvalue weighted by atomic mass is 10.0. The normalized spacial score (nSPS) is 25.7. The van der Waals surface area contributed by atoms with E-state index in [-0.39, 0.29) is 18.3 Å². The number of hydrogen-bond acceptors (Lipinski definition) is 5. The van der Waals surface area contributed by atoms with Gasteiger partial charge in [-0.15, -0.1) is 12.4 Å². The monoisotopic (exact) mass is 362 g/mol. The number of fused-ring (bicyclic) bond motifs is 3. The molecule has 1 N–H and O–H groups in total. The molecule has 25 heavy (non-hydrogen) atoms. The average Bonchev–Trinajstić information content (AvgIpc) is 3.27. The van der Waals surface area contributed by atoms with Gasteiger partial charge in [0.05, 0.1) is 16.6 Å². The van der Waals surface area contributed by atoms with Gasteiger partial charge in [0, 0.05) is 36.8 Å². The van der Waals surface area contributed by atoms with Gasteiger partial charge < -0.3 is 14.7 Å². The first-order chi connectivity index (χ1) is 11.7. The van der Waals surface area contributed by atoms with E-state index in [1.54, 1.807) is 0 Å². The molecule has 2 unspecified atom stereocenters. The molecule has 3 fully saturated rings. The Morgan fingerprint density at radius 3 is 2.84 bits per heavy atom. The van der Waals surface area contributed by atoms with Crippen LogP contribution < -0.4 is 5.32 Å². The number of rotatable bonds is 2. The average molecular weight is 363 g/mol. The van der Waals surface area contributed by atoms with E-state index in [0.717, 1.165) is 54.7 Å². The molecule has 2 atom stereocenters. The van der Waals surface area contributed by atoms with E-state index in [0.29, 0.717) is 23.7 Å². The lowest BCUT2D eigenvalue weighted by Gasteiger charge is -2.24. The summed E-state index contributed by atoms with van der Waals surface area (Å²) >= 11 is 0. The van der Waals surface area contributed by atoms with Crippen LogP contribution in [0.5, 0.6) is 0 Å². The van der Waals surface area contributed by atoms with Gasteiger partial charge in [-0.3, -0.25) is 4.79 Å². The zero-order chi connectivity index (χ0) is 16.3. The first-order valence-corrected chi connectivity index (χ1v) is 9.01. The highest BCUT2D eigenvalue weighted by atomic mass is 35.5. The Hall–Kier alpha value is -1.66. The van der Waals surface area contributed by atoms with Gasteiger partial charge in [0.1, 0.15) is 0 Å². The largest absolute Gasteiger partial charge is 0.337 e. The van der Waals surface area contributed by atoms with Crippen molar-refractivity contribution < 1.29 is 9.32 Å². The third-order valence-corrected chi connectivity index (χ3v) is 5.67. The molecule has 5 rings (SSSR count). The molecular weight excluding hydrogens is 340 g/mol. The summed E-state index contributed by atoms with van der Waals surface area (Å²) in [5.74, 6) is 0.582. The van der Waals surface area contributed by atoms with Gasteiger partial charge >= 0.3 is 0 Å². The van der Waals surface area contributed by atoms with Crippen LogP contribution in [0.3, 0.4) is 0 Å². The van der Waals surface area contributed by atoms with Crippen molar-refractivity contribution in [2.45, 2.75) is 57.0 Å². The minimum absolute atomic E-state index is 0. The topological polar surface area (TPSA) is 71.3 Å². The third-order valence-electron chi connectivity index (χ3n) is 5.67. The summed E-state index contributed by atoms with van der Waals surface area (Å²) in [6, 6.07) is 3.00. The molecule has 2 aromatic heterocycles. The fourth-order valence-corrected chi connectivity index (χ4v) is 4.17. The summed E-state index contributed by atoms with van der Waals surface area (Å²) in [6.07, 6.45) is 5.74. The molecule has 1 saturated carbocycles. The molecule has 7 heteroatoms. The Labute approximate surface area is 152 Å². The van der Waals surface area contributed by atoms with Crippen molar-refractivity contribution >= 4 is 29.4 Å². The Kier molecular flexibility index (Phi) is 4.20. The Balaban J connectivity index is 0.00000157. The van der Waals surface area contributed by atoms with Crippen LogP contribution in [-0.2, 0) is 0 Å². The number of nitrogens with one attached hydrogen (secondary N) is 1. The van der Waals surface area contributed by atoms with E-state index < -0.39 is 0 Å². The molecule has 3 aliphatic rings. The predicted molar refractivity (Wildman–Crippen MR) is 96.2 cm³/mol. The highest BCUT2D eigenvalue weighted by Gasteiger charge is 2.34. The number of aromatic nitrogens is 2. The summed E-state index contributed by atoms with van der Waals surface area (Å²) in [7, 11) is 0. The van der Waals surface area contributed by atoms with E-state index >= 15 is 0 Å². The smallest absolute Gasteiger partial charge is 0.259 e. The molecule has 2 aromatic rings. The number of aryl methyl sites for hydroxylation is 1. The number of pyridine rings is 1. The zero-order valence-electron chi connectivity index (χ0n) is 14.3. The van der Waals surface area contributed by atoms with Gasteiger partial charge in [-0.05, 0) is 45.1 Å². The summed E-state index contributed by atoms with van der Waals surface area (Å²) in [5, 5.41) is 8.46. The second kappa shape index (κ2) is 6.25. The van der Waals surface area contributed by atoms with E-state index in [1.165, 1.54) is 12.8 Å². The second-order valence-corrected chi connectivity index (χ2v) is 7.49. The van der Waals surface area contributed by atoms with E-state index in [2.05, 4.69) is 15.5 Å². The maximum absolute atomic E-state index is 13.3. The minimum Gasteiger partial charge on any atom is -0.337 e. The van der Waals surface area contributed by atoms with Crippen molar-refractivity contribution in [3.8, 4) is 0 Å². The van der Waals surface area contributed by atoms with Gasteiger partial charge in [-0.1, -0.05) is 5.16 Å². The highest BCUT2D eigenvalue weighted by Crippen LogP contribution is 2.40. The van der Waals surface area contributed by atoms with Crippen molar-refractivity contribution in [1.29, 1.82) is 0 Å². The van der Waals surface area contributed by atoms with Crippen molar-refractivity contribution in [3.63, 3.8) is 0 Å². The van der Waals surface area contributed by atoms with Crippen LogP contribution in [0.15, 0.2) is 10.6 Å². The molecular formula is C18H23ClN4O2. The summed E-state index contributed by atoms with van der Waals surface area (Å²) in [4.78, 5) is 19.9. The molecule has 6 nitrogen and oxygen atoms in total. The van der Waals surface area contributed by atoms with Gasteiger partial charge in [0.25, 0.3) is 11.6 Å². The molecule has 0 radical (unpaired) electrons. The van der Waals surface area contributed by atoms with Gasteiger partial charge in [0.2, 0.25) is 0 Å². The fraction of sp³-hybridized carbons (Fsp3) is 0.611. The molecule has 2 bridgehead atoms. The van der Waals surface area contributed by atoms with Crippen LogP contribution in [-0.4, -0.2) is 46.1 Å². The van der Waals surface area contributed by atoms with Crippen LogP contribution in [0.2, 0.25) is 0 Å². The number of carbonyl (C=O) groups is 1. The van der Waals surface area contributed by atoms with Crippen molar-refractivity contribution in [1.82, 2.24) is 20.4 Å². The fourth-order valence-electron chi connectivity index (χ4n) is 4.17. The number of likely N-dealkylation sites (tertiary alicyclic amines) is 1. The quantitative estimate of drug-likeness (QED) is 0.889. The lowest BCUT2D eigenvalue weighted by molar-refractivity contribution is 0.0750. The molecule has 134 valence electrons. The number of amides is 1. The number of halogens is 1. The summed E-state index contributed by atoms with van der Waals surface area (Å²) in [5.41, 5.74) is 2.96. The SMILES string of the molecule is Cc1noc2nc(C3CC3)cc(C(=O)N3CCC4CCC(C3)N4)c12.Cl. The van der Waals surface area contributed by atoms with Crippen molar-refractivity contribution in [2.24, 2.45) is 0 Å². The van der Waals surface area contributed by atoms with Gasteiger partial charge in [0.15, 0.2) is 0 Å². The van der Waals surface area contributed by atoms with E-state index in [9.17, 15) is 4.79 Å². The van der Waals surface area contributed by atoms with Crippen molar-refractivity contribution in [2.75, 3.05) is 13.1 Å². The first-order valence-electron chi connectivity index (χ1n) is 9.01. The lowest BCUT2D eigenvalue weighted by Crippen LogP contribution is -2.39. The van der Waals surface area contributed by atoms with Crippen LogP contribution in [0.1, 0.15) is 59.8 Å². The predicted octanol–water partition coefficient (Wildman–Crippen LogP) is 2.80. The first kappa shape index (κ1) is 16.8. The molecule has 2 aliphatic heterocycles. The second-order valence-electron chi connectivity index (χ2n) is 7.49. The Morgan fingerprint density at radius 2 is 2.04 bits per heavy atom. The molecule has 1 aliphatic carbocycles. The standard InChI is InChI=1S/C18H22N4O2.ClH/c1-10-16-14(8-15(11-2-3-11)20-17(16)24-21-10)18(23)22-7-6-12-4-5-13(9-22)19-12;/h8,11-13,19H,2-7,9H2,1H3;1H. The number of carbonyl (C=O) groups excluding carboxylic acids is 1. The van der Waals surface area contributed by atoms with Crippen LogP contribution in [0.25, 0.3) is 11.1 Å².